The summed E-state index contributed by atoms with van der Waals surface area (Å²) in [5, 5.41) is 0. The van der Waals surface area contributed by atoms with Crippen molar-refractivity contribution in [2.75, 3.05) is 11.4 Å². The Balaban J connectivity index is 1.86. The van der Waals surface area contributed by atoms with Crippen LogP contribution in [0, 0.1) is 13.8 Å². The average Bonchev–Trinajstić information content (AvgIpc) is 2.93. The number of aryl methyl sites for hydroxylation is 2. The Morgan fingerprint density at radius 1 is 1.25 bits per heavy atom. The third kappa shape index (κ3) is 2.04. The summed E-state index contributed by atoms with van der Waals surface area (Å²) in [6, 6.07) is 5.57. The predicted molar refractivity (Wildman–Crippen MR) is 78.4 cm³/mol. The van der Waals surface area contributed by atoms with Crippen LogP contribution in [0.3, 0.4) is 0 Å². The van der Waals surface area contributed by atoms with Crippen molar-refractivity contribution in [2.45, 2.75) is 20.3 Å². The van der Waals surface area contributed by atoms with Crippen LogP contribution in [0.5, 0.6) is 0 Å². The lowest BCUT2D eigenvalue weighted by Crippen LogP contribution is -2.31. The minimum absolute atomic E-state index is 0.398. The van der Waals surface area contributed by atoms with E-state index in [-0.39, 0.29) is 0 Å². The van der Waals surface area contributed by atoms with Crippen LogP contribution in [0.25, 0.3) is 0 Å². The number of aromatic nitrogens is 1. The molecule has 1 amide bonds. The fourth-order valence-corrected chi connectivity index (χ4v) is 3.19. The van der Waals surface area contributed by atoms with Crippen molar-refractivity contribution in [1.29, 1.82) is 0 Å². The standard InChI is InChI=1S/C15H14N2O2S/c1-9-3-4-12-11(7-9)14(18)15(19)17(12)6-5-13-10(2)16-8-20-13/h3-4,7-8H,5-6H2,1-2H3. The van der Waals surface area contributed by atoms with Crippen molar-refractivity contribution in [3.05, 3.63) is 45.4 Å². The van der Waals surface area contributed by atoms with Crippen molar-refractivity contribution < 1.29 is 9.59 Å². The first-order valence-electron chi connectivity index (χ1n) is 6.43. The normalized spacial score (nSPS) is 14.0. The maximum absolute atomic E-state index is 12.1. The number of benzene rings is 1. The van der Waals surface area contributed by atoms with Crippen LogP contribution in [0.1, 0.15) is 26.5 Å². The van der Waals surface area contributed by atoms with Crippen LogP contribution in [-0.4, -0.2) is 23.2 Å². The molecule has 3 rings (SSSR count). The fraction of sp³-hybridized carbons (Fsp3) is 0.267. The lowest BCUT2D eigenvalue weighted by atomic mass is 10.1. The number of rotatable bonds is 3. The highest BCUT2D eigenvalue weighted by molar-refractivity contribution is 7.09. The van der Waals surface area contributed by atoms with Gasteiger partial charge in [0.25, 0.3) is 11.7 Å². The zero-order valence-electron chi connectivity index (χ0n) is 11.3. The van der Waals surface area contributed by atoms with Crippen molar-refractivity contribution >= 4 is 28.7 Å². The van der Waals surface area contributed by atoms with Gasteiger partial charge in [0.15, 0.2) is 0 Å². The lowest BCUT2D eigenvalue weighted by Gasteiger charge is -2.16. The van der Waals surface area contributed by atoms with E-state index in [1.54, 1.807) is 27.8 Å². The molecule has 5 heteroatoms. The molecule has 20 heavy (non-hydrogen) atoms. The van der Waals surface area contributed by atoms with E-state index in [4.69, 9.17) is 0 Å². The Kier molecular flexibility index (Phi) is 3.14. The van der Waals surface area contributed by atoms with Gasteiger partial charge >= 0.3 is 0 Å². The maximum Gasteiger partial charge on any atom is 0.299 e. The van der Waals surface area contributed by atoms with E-state index in [1.165, 1.54) is 0 Å². The van der Waals surface area contributed by atoms with Gasteiger partial charge in [-0.1, -0.05) is 11.6 Å². The van der Waals surface area contributed by atoms with E-state index in [2.05, 4.69) is 4.98 Å². The number of hydrogen-bond donors (Lipinski definition) is 0. The molecular weight excluding hydrogens is 272 g/mol. The van der Waals surface area contributed by atoms with E-state index in [9.17, 15) is 9.59 Å². The Bertz CT molecular complexity index is 706. The monoisotopic (exact) mass is 286 g/mol. The third-order valence-corrected chi connectivity index (χ3v) is 4.53. The molecule has 0 spiro atoms. The first kappa shape index (κ1) is 13.0. The molecule has 0 fully saturated rings. The second-order valence-corrected chi connectivity index (χ2v) is 5.86. The lowest BCUT2D eigenvalue weighted by molar-refractivity contribution is -0.114. The van der Waals surface area contributed by atoms with Crippen LogP contribution < -0.4 is 4.90 Å². The van der Waals surface area contributed by atoms with Gasteiger partial charge in [-0.05, 0) is 26.0 Å². The molecule has 2 heterocycles. The smallest absolute Gasteiger partial charge is 0.299 e. The average molecular weight is 286 g/mol. The zero-order valence-corrected chi connectivity index (χ0v) is 12.2. The van der Waals surface area contributed by atoms with Crippen LogP contribution >= 0.6 is 11.3 Å². The summed E-state index contributed by atoms with van der Waals surface area (Å²) in [5.41, 5.74) is 5.05. The van der Waals surface area contributed by atoms with Gasteiger partial charge in [0.1, 0.15) is 0 Å². The molecule has 4 nitrogen and oxygen atoms in total. The Morgan fingerprint density at radius 3 is 2.75 bits per heavy atom. The molecule has 0 atom stereocenters. The molecule has 0 bridgehead atoms. The molecule has 0 unspecified atom stereocenters. The Hall–Kier alpha value is -2.01. The summed E-state index contributed by atoms with van der Waals surface area (Å²) in [4.78, 5) is 31.0. The van der Waals surface area contributed by atoms with Crippen molar-refractivity contribution in [3.8, 4) is 0 Å². The summed E-state index contributed by atoms with van der Waals surface area (Å²) in [7, 11) is 0. The number of carbonyl (C=O) groups excluding carboxylic acids is 2. The number of thiazole rings is 1. The number of hydrogen-bond acceptors (Lipinski definition) is 4. The molecule has 1 aliphatic rings. The molecule has 1 aromatic heterocycles. The number of ketones is 1. The first-order valence-corrected chi connectivity index (χ1v) is 7.31. The van der Waals surface area contributed by atoms with Gasteiger partial charge in [-0.25, -0.2) is 4.98 Å². The quantitative estimate of drug-likeness (QED) is 0.815. The summed E-state index contributed by atoms with van der Waals surface area (Å²) in [6.07, 6.45) is 0.725. The largest absolute Gasteiger partial charge is 0.304 e. The van der Waals surface area contributed by atoms with Crippen molar-refractivity contribution in [2.24, 2.45) is 0 Å². The molecule has 0 aliphatic carbocycles. The van der Waals surface area contributed by atoms with Crippen LogP contribution in [0.15, 0.2) is 23.7 Å². The molecule has 0 saturated carbocycles. The second kappa shape index (κ2) is 4.83. The molecule has 102 valence electrons. The second-order valence-electron chi connectivity index (χ2n) is 4.92. The highest BCUT2D eigenvalue weighted by Gasteiger charge is 2.35. The molecule has 0 radical (unpaired) electrons. The van der Waals surface area contributed by atoms with E-state index in [0.29, 0.717) is 12.1 Å². The fourth-order valence-electron chi connectivity index (χ4n) is 2.42. The summed E-state index contributed by atoms with van der Waals surface area (Å²) < 4.78 is 0. The SMILES string of the molecule is Cc1ccc2c(c1)C(=O)C(=O)N2CCc1scnc1C. The van der Waals surface area contributed by atoms with Gasteiger partial charge in [0, 0.05) is 17.8 Å². The number of amides is 1. The summed E-state index contributed by atoms with van der Waals surface area (Å²) in [5.74, 6) is -0.822. The molecule has 2 aromatic rings. The minimum Gasteiger partial charge on any atom is -0.304 e. The summed E-state index contributed by atoms with van der Waals surface area (Å²) in [6.45, 7) is 4.39. The summed E-state index contributed by atoms with van der Waals surface area (Å²) >= 11 is 1.58. The van der Waals surface area contributed by atoms with Gasteiger partial charge in [0.2, 0.25) is 0 Å². The molecular formula is C15H14N2O2S. The number of carbonyl (C=O) groups is 2. The van der Waals surface area contributed by atoms with Gasteiger partial charge in [-0.2, -0.15) is 0 Å². The van der Waals surface area contributed by atoms with E-state index in [1.807, 2.05) is 26.0 Å². The topological polar surface area (TPSA) is 50.3 Å². The minimum atomic E-state index is -0.423. The molecule has 1 aliphatic heterocycles. The van der Waals surface area contributed by atoms with E-state index < -0.39 is 11.7 Å². The van der Waals surface area contributed by atoms with Crippen LogP contribution in [0.4, 0.5) is 5.69 Å². The van der Waals surface area contributed by atoms with Crippen LogP contribution in [-0.2, 0) is 11.2 Å². The third-order valence-electron chi connectivity index (χ3n) is 3.53. The van der Waals surface area contributed by atoms with E-state index in [0.717, 1.165) is 28.2 Å². The van der Waals surface area contributed by atoms with E-state index >= 15 is 0 Å². The highest BCUT2D eigenvalue weighted by Crippen LogP contribution is 2.30. The number of fused-ring (bicyclic) bond motifs is 1. The highest BCUT2D eigenvalue weighted by atomic mass is 32.1. The number of anilines is 1. The van der Waals surface area contributed by atoms with Crippen molar-refractivity contribution in [3.63, 3.8) is 0 Å². The molecule has 0 saturated heterocycles. The van der Waals surface area contributed by atoms with Gasteiger partial charge in [-0.3, -0.25) is 9.59 Å². The Labute approximate surface area is 121 Å². The number of nitrogens with zero attached hydrogens (tertiary/aromatic N) is 2. The molecule has 1 aromatic carbocycles. The first-order chi connectivity index (χ1) is 9.58. The maximum atomic E-state index is 12.1. The van der Waals surface area contributed by atoms with Gasteiger partial charge in [-0.15, -0.1) is 11.3 Å². The Morgan fingerprint density at radius 2 is 2.05 bits per heavy atom. The predicted octanol–water partition coefficient (Wildman–Crippen LogP) is 2.53. The van der Waals surface area contributed by atoms with Crippen LogP contribution in [0.2, 0.25) is 0 Å². The zero-order chi connectivity index (χ0) is 14.3. The number of Topliss-reactive ketones (excluding diaryl/α,β-unsaturated/α-hetero) is 1. The van der Waals surface area contributed by atoms with Gasteiger partial charge in [0.05, 0.1) is 22.5 Å². The molecule has 0 N–H and O–H groups in total. The van der Waals surface area contributed by atoms with Crippen molar-refractivity contribution in [1.82, 2.24) is 4.98 Å². The van der Waals surface area contributed by atoms with Gasteiger partial charge < -0.3 is 4.90 Å².